The van der Waals surface area contributed by atoms with E-state index in [4.69, 9.17) is 20.9 Å². The molecule has 0 aliphatic carbocycles. The van der Waals surface area contributed by atoms with E-state index in [0.717, 1.165) is 57.8 Å². The molecule has 0 spiro atoms. The molecule has 1 fully saturated rings. The van der Waals surface area contributed by atoms with Gasteiger partial charge in [-0.15, -0.1) is 0 Å². The zero-order valence-corrected chi connectivity index (χ0v) is 28.0. The molecule has 11 nitrogen and oxygen atoms in total. The van der Waals surface area contributed by atoms with E-state index in [0.29, 0.717) is 25.0 Å². The van der Waals surface area contributed by atoms with Gasteiger partial charge in [-0.1, -0.05) is 96.3 Å². The maximum atomic E-state index is 12.2. The lowest BCUT2D eigenvalue weighted by Crippen LogP contribution is -2.60. The number of carbonyl (C=O) groups is 1. The average molecular weight is 649 g/mol. The summed E-state index contributed by atoms with van der Waals surface area (Å²) < 4.78 is 11.2. The number of carbonyl (C=O) groups excluding carboxylic acids is 1. The molecule has 0 radical (unpaired) electrons. The standard InChI is InChI=1S/C34H68N2O9/c1-25(35)28(40)21-17-13-9-7-5-3-2-4-6-8-11-15-19-26(39)20-16-12-10-14-18-22-29(27(36)23-37)44-34-33(43)32(42)31(41)30(24-38)45-34/h25,27-34,37-38,40-43H,2-24,35-36H2,1H3/t25-,27+,28-,29-,30-,31-,32+,33-,34-/m1/s1. The summed E-state index contributed by atoms with van der Waals surface area (Å²) in [6.07, 6.45) is 13.8. The van der Waals surface area contributed by atoms with E-state index in [1.807, 2.05) is 6.92 Å². The fraction of sp³-hybridized carbons (Fsp3) is 0.971. The molecule has 11 heteroatoms. The van der Waals surface area contributed by atoms with Gasteiger partial charge in [0, 0.05) is 18.9 Å². The molecular formula is C34H68N2O9. The van der Waals surface area contributed by atoms with Gasteiger partial charge in [0.2, 0.25) is 0 Å². The Morgan fingerprint density at radius 1 is 0.689 bits per heavy atom. The molecule has 0 amide bonds. The minimum atomic E-state index is -1.53. The van der Waals surface area contributed by atoms with Gasteiger partial charge in [0.05, 0.1) is 31.5 Å². The zero-order valence-electron chi connectivity index (χ0n) is 28.0. The summed E-state index contributed by atoms with van der Waals surface area (Å²) in [5.74, 6) is 0.351. The predicted molar refractivity (Wildman–Crippen MR) is 175 cm³/mol. The zero-order chi connectivity index (χ0) is 33.5. The Morgan fingerprint density at radius 2 is 1.13 bits per heavy atom. The third-order valence-electron chi connectivity index (χ3n) is 9.10. The van der Waals surface area contributed by atoms with E-state index in [9.17, 15) is 35.4 Å². The van der Waals surface area contributed by atoms with Gasteiger partial charge in [-0.25, -0.2) is 0 Å². The molecule has 0 unspecified atom stereocenters. The van der Waals surface area contributed by atoms with Crippen molar-refractivity contribution in [2.75, 3.05) is 13.2 Å². The molecule has 1 aliphatic rings. The fourth-order valence-corrected chi connectivity index (χ4v) is 5.88. The first kappa shape index (κ1) is 42.3. The molecule has 1 rings (SSSR count). The summed E-state index contributed by atoms with van der Waals surface area (Å²) in [6.45, 7) is 0.986. The maximum Gasteiger partial charge on any atom is 0.187 e. The summed E-state index contributed by atoms with van der Waals surface area (Å²) in [5, 5.41) is 58.8. The van der Waals surface area contributed by atoms with E-state index in [1.165, 1.54) is 57.8 Å². The van der Waals surface area contributed by atoms with Gasteiger partial charge >= 0.3 is 0 Å². The number of ketones is 1. The van der Waals surface area contributed by atoms with Gasteiger partial charge in [0.25, 0.3) is 0 Å². The molecule has 0 aromatic heterocycles. The van der Waals surface area contributed by atoms with Crippen LogP contribution in [0.15, 0.2) is 0 Å². The van der Waals surface area contributed by atoms with Crippen molar-refractivity contribution in [2.24, 2.45) is 11.5 Å². The maximum absolute atomic E-state index is 12.2. The molecule has 9 atom stereocenters. The topological polar surface area (TPSA) is 209 Å². The number of aliphatic hydroxyl groups is 6. The van der Waals surface area contributed by atoms with E-state index < -0.39 is 49.5 Å². The summed E-state index contributed by atoms with van der Waals surface area (Å²) in [4.78, 5) is 12.2. The quantitative estimate of drug-likeness (QED) is 0.0553. The van der Waals surface area contributed by atoms with Crippen LogP contribution in [-0.2, 0) is 14.3 Å². The highest BCUT2D eigenvalue weighted by Gasteiger charge is 2.45. The SMILES string of the molecule is C[C@@H](N)[C@H](O)CCCCCCCCCCCCCCC(=O)CCCCCCC[C@@H](O[C@@H]1O[C@H](CO)[C@@H](O)[C@H](O)[C@H]1O)[C@@H](N)CO. The molecule has 0 bridgehead atoms. The van der Waals surface area contributed by atoms with Gasteiger partial charge in [-0.3, -0.25) is 4.79 Å². The van der Waals surface area contributed by atoms with Crippen LogP contribution >= 0.6 is 0 Å². The Hall–Kier alpha value is -0.730. The van der Waals surface area contributed by atoms with Crippen molar-refractivity contribution < 1.29 is 44.9 Å². The molecule has 10 N–H and O–H groups in total. The van der Waals surface area contributed by atoms with Crippen LogP contribution in [0.3, 0.4) is 0 Å². The number of hydrogen-bond acceptors (Lipinski definition) is 11. The van der Waals surface area contributed by atoms with Crippen LogP contribution in [0, 0.1) is 0 Å². The van der Waals surface area contributed by atoms with Crippen LogP contribution in [0.2, 0.25) is 0 Å². The second-order valence-corrected chi connectivity index (χ2v) is 13.3. The molecular weight excluding hydrogens is 580 g/mol. The van der Waals surface area contributed by atoms with E-state index in [2.05, 4.69) is 0 Å². The van der Waals surface area contributed by atoms with Crippen molar-refractivity contribution in [3.63, 3.8) is 0 Å². The molecule has 0 aromatic rings. The average Bonchev–Trinajstić information content (AvgIpc) is 3.03. The Labute approximate surface area is 272 Å². The van der Waals surface area contributed by atoms with Crippen LogP contribution in [0.5, 0.6) is 0 Å². The molecule has 0 aromatic carbocycles. The Kier molecular flexibility index (Phi) is 24.7. The lowest BCUT2D eigenvalue weighted by atomic mass is 9.98. The number of Topliss-reactive ketones (excluding diaryl/α,β-unsaturated/α-hetero) is 1. The number of hydrogen-bond donors (Lipinski definition) is 8. The largest absolute Gasteiger partial charge is 0.395 e. The highest BCUT2D eigenvalue weighted by molar-refractivity contribution is 5.78. The minimum absolute atomic E-state index is 0.132. The van der Waals surface area contributed by atoms with E-state index in [-0.39, 0.29) is 18.8 Å². The third-order valence-corrected chi connectivity index (χ3v) is 9.10. The van der Waals surface area contributed by atoms with Gasteiger partial charge in [-0.2, -0.15) is 0 Å². The summed E-state index contributed by atoms with van der Waals surface area (Å²) in [6, 6.07) is -0.846. The van der Waals surface area contributed by atoms with E-state index in [1.54, 1.807) is 0 Å². The first-order valence-electron chi connectivity index (χ1n) is 17.9. The van der Waals surface area contributed by atoms with Crippen molar-refractivity contribution in [2.45, 2.75) is 197 Å². The van der Waals surface area contributed by atoms with Gasteiger partial charge in [0.1, 0.15) is 30.2 Å². The lowest BCUT2D eigenvalue weighted by Gasteiger charge is -2.41. The Morgan fingerprint density at radius 3 is 1.58 bits per heavy atom. The highest BCUT2D eigenvalue weighted by Crippen LogP contribution is 2.25. The van der Waals surface area contributed by atoms with Crippen LogP contribution in [-0.4, -0.2) is 105 Å². The van der Waals surface area contributed by atoms with Crippen LogP contribution in [0.25, 0.3) is 0 Å². The Balaban J connectivity index is 2.00. The van der Waals surface area contributed by atoms with E-state index >= 15 is 0 Å². The van der Waals surface area contributed by atoms with Crippen molar-refractivity contribution in [1.82, 2.24) is 0 Å². The first-order valence-corrected chi connectivity index (χ1v) is 17.9. The number of unbranched alkanes of at least 4 members (excludes halogenated alkanes) is 15. The molecule has 1 heterocycles. The number of nitrogens with two attached hydrogens (primary N) is 2. The van der Waals surface area contributed by atoms with Crippen molar-refractivity contribution in [3.8, 4) is 0 Å². The number of ether oxygens (including phenoxy) is 2. The monoisotopic (exact) mass is 648 g/mol. The second kappa shape index (κ2) is 26.3. The fourth-order valence-electron chi connectivity index (χ4n) is 5.88. The van der Waals surface area contributed by atoms with Crippen LogP contribution in [0.1, 0.15) is 142 Å². The van der Waals surface area contributed by atoms with Crippen LogP contribution in [0.4, 0.5) is 0 Å². The van der Waals surface area contributed by atoms with Gasteiger partial charge < -0.3 is 51.6 Å². The molecule has 1 saturated heterocycles. The van der Waals surface area contributed by atoms with Crippen LogP contribution < -0.4 is 11.5 Å². The van der Waals surface area contributed by atoms with Crippen molar-refractivity contribution >= 4 is 5.78 Å². The molecule has 1 aliphatic heterocycles. The van der Waals surface area contributed by atoms with Crippen molar-refractivity contribution in [3.05, 3.63) is 0 Å². The molecule has 45 heavy (non-hydrogen) atoms. The Bertz CT molecular complexity index is 715. The molecule has 268 valence electrons. The minimum Gasteiger partial charge on any atom is -0.395 e. The van der Waals surface area contributed by atoms with Crippen molar-refractivity contribution in [1.29, 1.82) is 0 Å². The summed E-state index contributed by atoms with van der Waals surface area (Å²) in [5.41, 5.74) is 11.7. The first-order chi connectivity index (χ1) is 21.6. The smallest absolute Gasteiger partial charge is 0.187 e. The summed E-state index contributed by atoms with van der Waals surface area (Å²) in [7, 11) is 0. The highest BCUT2D eigenvalue weighted by atomic mass is 16.7. The summed E-state index contributed by atoms with van der Waals surface area (Å²) >= 11 is 0. The normalized spacial score (nSPS) is 24.8. The van der Waals surface area contributed by atoms with Gasteiger partial charge in [0.15, 0.2) is 6.29 Å². The number of rotatable bonds is 29. The van der Waals surface area contributed by atoms with Gasteiger partial charge in [-0.05, 0) is 32.6 Å². The number of aliphatic hydroxyl groups excluding tert-OH is 6. The predicted octanol–water partition coefficient (Wildman–Crippen LogP) is 2.96. The molecule has 0 saturated carbocycles. The second-order valence-electron chi connectivity index (χ2n) is 13.3. The third kappa shape index (κ3) is 19.0. The lowest BCUT2D eigenvalue weighted by molar-refractivity contribution is -0.313.